The second-order valence-electron chi connectivity index (χ2n) is 7.69. The summed E-state index contributed by atoms with van der Waals surface area (Å²) < 4.78 is 5.88. The van der Waals surface area contributed by atoms with Crippen molar-refractivity contribution < 1.29 is 14.6 Å². The smallest absolute Gasteiger partial charge is 0.225 e. The second kappa shape index (κ2) is 7.55. The van der Waals surface area contributed by atoms with Crippen molar-refractivity contribution in [1.82, 2.24) is 4.90 Å². The van der Waals surface area contributed by atoms with Gasteiger partial charge in [-0.25, -0.2) is 0 Å². The number of aliphatic hydroxyl groups is 1. The molecule has 1 aliphatic carbocycles. The average Bonchev–Trinajstić information content (AvgIpc) is 2.71. The van der Waals surface area contributed by atoms with Gasteiger partial charge in [0.05, 0.1) is 0 Å². The molecular formula is C20H28ClNO3. The number of halogens is 1. The van der Waals surface area contributed by atoms with Gasteiger partial charge >= 0.3 is 0 Å². The van der Waals surface area contributed by atoms with Gasteiger partial charge in [0.25, 0.3) is 0 Å². The fourth-order valence-electron chi connectivity index (χ4n) is 3.66. The molecule has 0 aromatic heterocycles. The lowest BCUT2D eigenvalue weighted by Crippen LogP contribution is -2.41. The lowest BCUT2D eigenvalue weighted by atomic mass is 9.84. The Morgan fingerprint density at radius 2 is 1.92 bits per heavy atom. The van der Waals surface area contributed by atoms with Crippen LogP contribution >= 0.6 is 11.6 Å². The minimum Gasteiger partial charge on any atom is -0.491 e. The molecular weight excluding hydrogens is 338 g/mol. The minimum atomic E-state index is -0.879. The van der Waals surface area contributed by atoms with E-state index < -0.39 is 5.60 Å². The van der Waals surface area contributed by atoms with Gasteiger partial charge in [-0.2, -0.15) is 0 Å². The zero-order valence-corrected chi connectivity index (χ0v) is 15.9. The number of carbonyl (C=O) groups is 1. The van der Waals surface area contributed by atoms with Crippen LogP contribution in [-0.2, 0) is 4.79 Å². The third kappa shape index (κ3) is 4.29. The molecule has 1 aromatic rings. The summed E-state index contributed by atoms with van der Waals surface area (Å²) in [7, 11) is 0. The molecule has 1 saturated carbocycles. The van der Waals surface area contributed by atoms with Crippen LogP contribution in [0.4, 0.5) is 0 Å². The molecule has 1 heterocycles. The van der Waals surface area contributed by atoms with Crippen molar-refractivity contribution in [3.05, 3.63) is 28.3 Å². The molecule has 5 heteroatoms. The molecule has 4 nitrogen and oxygen atoms in total. The number of ether oxygens (including phenoxy) is 1. The van der Waals surface area contributed by atoms with Crippen LogP contribution in [0.2, 0.25) is 5.02 Å². The molecule has 2 aliphatic rings. The monoisotopic (exact) mass is 365 g/mol. The molecule has 0 bridgehead atoms. The molecule has 3 rings (SSSR count). The number of hydrogen-bond acceptors (Lipinski definition) is 3. The molecule has 1 atom stereocenters. The van der Waals surface area contributed by atoms with E-state index in [1.165, 1.54) is 6.42 Å². The highest BCUT2D eigenvalue weighted by Crippen LogP contribution is 2.31. The molecule has 1 unspecified atom stereocenters. The number of carbonyl (C=O) groups excluding carboxylic acids is 1. The van der Waals surface area contributed by atoms with Gasteiger partial charge in [0.2, 0.25) is 5.91 Å². The van der Waals surface area contributed by atoms with E-state index in [4.69, 9.17) is 16.3 Å². The van der Waals surface area contributed by atoms with Crippen molar-refractivity contribution in [2.75, 3.05) is 19.7 Å². The standard InChI is InChI=1S/C20H28ClNO3/c1-14-11-17(12-15(2)18(14)21)25-13-20(24)7-4-9-22(10-8-20)19(23)16-5-3-6-16/h11-12,16,24H,3-10,13H2,1-2H3. The predicted molar refractivity (Wildman–Crippen MR) is 99.1 cm³/mol. The van der Waals surface area contributed by atoms with Gasteiger partial charge in [0.1, 0.15) is 18.0 Å². The summed E-state index contributed by atoms with van der Waals surface area (Å²) in [6, 6.07) is 3.81. The van der Waals surface area contributed by atoms with E-state index in [0.717, 1.165) is 47.7 Å². The Morgan fingerprint density at radius 3 is 2.52 bits per heavy atom. The van der Waals surface area contributed by atoms with Gasteiger partial charge in [0.15, 0.2) is 0 Å². The average molecular weight is 366 g/mol. The summed E-state index contributed by atoms with van der Waals surface area (Å²) in [6.07, 6.45) is 5.26. The second-order valence-corrected chi connectivity index (χ2v) is 8.07. The van der Waals surface area contributed by atoms with Crippen LogP contribution < -0.4 is 4.74 Å². The molecule has 138 valence electrons. The molecule has 2 fully saturated rings. The largest absolute Gasteiger partial charge is 0.491 e. The highest BCUT2D eigenvalue weighted by molar-refractivity contribution is 6.32. The summed E-state index contributed by atoms with van der Waals surface area (Å²) in [5, 5.41) is 11.7. The molecule has 1 aromatic carbocycles. The molecule has 0 radical (unpaired) electrons. The highest BCUT2D eigenvalue weighted by atomic mass is 35.5. The lowest BCUT2D eigenvalue weighted by molar-refractivity contribution is -0.138. The Balaban J connectivity index is 1.57. The van der Waals surface area contributed by atoms with Crippen molar-refractivity contribution >= 4 is 17.5 Å². The van der Waals surface area contributed by atoms with Crippen LogP contribution in [0.15, 0.2) is 12.1 Å². The molecule has 1 saturated heterocycles. The van der Waals surface area contributed by atoms with E-state index in [2.05, 4.69) is 0 Å². The normalized spacial score (nSPS) is 24.6. The Kier molecular flexibility index (Phi) is 5.59. The molecule has 1 aliphatic heterocycles. The van der Waals surface area contributed by atoms with E-state index >= 15 is 0 Å². The topological polar surface area (TPSA) is 49.8 Å². The SMILES string of the molecule is Cc1cc(OCC2(O)CCCN(C(=O)C3CCC3)CC2)cc(C)c1Cl. The number of amides is 1. The third-order valence-corrected chi connectivity index (χ3v) is 6.20. The van der Waals surface area contributed by atoms with Crippen molar-refractivity contribution in [3.63, 3.8) is 0 Å². The third-order valence-electron chi connectivity index (χ3n) is 5.60. The number of nitrogens with zero attached hydrogens (tertiary/aromatic N) is 1. The summed E-state index contributed by atoms with van der Waals surface area (Å²) in [6.45, 7) is 5.52. The van der Waals surface area contributed by atoms with Crippen LogP contribution in [-0.4, -0.2) is 41.2 Å². The summed E-state index contributed by atoms with van der Waals surface area (Å²) in [5.74, 6) is 1.24. The fourth-order valence-corrected chi connectivity index (χ4v) is 3.77. The first-order valence-corrected chi connectivity index (χ1v) is 9.66. The molecule has 1 amide bonds. The van der Waals surface area contributed by atoms with Gasteiger partial charge in [-0.3, -0.25) is 4.79 Å². The van der Waals surface area contributed by atoms with Crippen LogP contribution in [0.3, 0.4) is 0 Å². The number of benzene rings is 1. The number of rotatable bonds is 4. The Morgan fingerprint density at radius 1 is 1.24 bits per heavy atom. The first kappa shape index (κ1) is 18.5. The zero-order valence-electron chi connectivity index (χ0n) is 15.2. The first-order valence-electron chi connectivity index (χ1n) is 9.29. The first-order chi connectivity index (χ1) is 11.9. The highest BCUT2D eigenvalue weighted by Gasteiger charge is 2.35. The summed E-state index contributed by atoms with van der Waals surface area (Å²) >= 11 is 6.19. The zero-order chi connectivity index (χ0) is 18.0. The number of aryl methyl sites for hydroxylation is 2. The van der Waals surface area contributed by atoms with Crippen LogP contribution in [0.25, 0.3) is 0 Å². The van der Waals surface area contributed by atoms with Gasteiger partial charge in [-0.1, -0.05) is 18.0 Å². The maximum Gasteiger partial charge on any atom is 0.225 e. The van der Waals surface area contributed by atoms with Crippen molar-refractivity contribution in [1.29, 1.82) is 0 Å². The van der Waals surface area contributed by atoms with Gasteiger partial charge in [-0.15, -0.1) is 0 Å². The number of likely N-dealkylation sites (tertiary alicyclic amines) is 1. The van der Waals surface area contributed by atoms with E-state index in [-0.39, 0.29) is 18.4 Å². The van der Waals surface area contributed by atoms with Crippen LogP contribution in [0.5, 0.6) is 5.75 Å². The quantitative estimate of drug-likeness (QED) is 0.880. The summed E-state index contributed by atoms with van der Waals surface area (Å²) in [4.78, 5) is 14.4. The molecule has 1 N–H and O–H groups in total. The van der Waals surface area contributed by atoms with E-state index in [0.29, 0.717) is 19.4 Å². The minimum absolute atomic E-state index is 0.225. The van der Waals surface area contributed by atoms with Gasteiger partial charge in [-0.05, 0) is 69.2 Å². The lowest BCUT2D eigenvalue weighted by Gasteiger charge is -2.31. The Hall–Kier alpha value is -1.26. The van der Waals surface area contributed by atoms with E-state index in [1.807, 2.05) is 30.9 Å². The maximum atomic E-state index is 12.4. The van der Waals surface area contributed by atoms with E-state index in [1.54, 1.807) is 0 Å². The Labute approximate surface area is 155 Å². The van der Waals surface area contributed by atoms with Crippen molar-refractivity contribution in [3.8, 4) is 5.75 Å². The molecule has 0 spiro atoms. The van der Waals surface area contributed by atoms with Crippen LogP contribution in [0.1, 0.15) is 49.7 Å². The maximum absolute atomic E-state index is 12.4. The number of hydrogen-bond donors (Lipinski definition) is 1. The van der Waals surface area contributed by atoms with Crippen LogP contribution in [0, 0.1) is 19.8 Å². The van der Waals surface area contributed by atoms with Gasteiger partial charge < -0.3 is 14.7 Å². The predicted octanol–water partition coefficient (Wildman–Crippen LogP) is 3.88. The van der Waals surface area contributed by atoms with E-state index in [9.17, 15) is 9.90 Å². The Bertz CT molecular complexity index is 621. The van der Waals surface area contributed by atoms with Crippen molar-refractivity contribution in [2.24, 2.45) is 5.92 Å². The van der Waals surface area contributed by atoms with Crippen molar-refractivity contribution in [2.45, 2.75) is 58.0 Å². The van der Waals surface area contributed by atoms with Gasteiger partial charge in [0, 0.05) is 24.0 Å². The molecule has 25 heavy (non-hydrogen) atoms. The fraction of sp³-hybridized carbons (Fsp3) is 0.650. The summed E-state index contributed by atoms with van der Waals surface area (Å²) in [5.41, 5.74) is 1.07.